The lowest BCUT2D eigenvalue weighted by Gasteiger charge is -2.16. The number of benzene rings is 1. The number of likely N-dealkylation sites (tertiary alicyclic amines) is 1. The second-order valence-electron chi connectivity index (χ2n) is 7.28. The molecular formula is C22H20N4OS. The van der Waals surface area contributed by atoms with Gasteiger partial charge in [0.25, 0.3) is 5.91 Å². The zero-order valence-electron chi connectivity index (χ0n) is 15.3. The quantitative estimate of drug-likeness (QED) is 0.575. The number of para-hydroxylation sites is 1. The van der Waals surface area contributed by atoms with E-state index in [0.29, 0.717) is 10.8 Å². The van der Waals surface area contributed by atoms with Gasteiger partial charge in [-0.05, 0) is 36.7 Å². The number of carbonyl (C=O) groups excluding carboxylic acids is 1. The summed E-state index contributed by atoms with van der Waals surface area (Å²) in [5.41, 5.74) is 8.86. The number of pyridine rings is 2. The molecule has 0 aliphatic carbocycles. The topological polar surface area (TPSA) is 72.1 Å². The highest BCUT2D eigenvalue weighted by Crippen LogP contribution is 2.39. The normalized spacial score (nSPS) is 17.5. The maximum Gasteiger partial charge on any atom is 0.259 e. The van der Waals surface area contributed by atoms with Crippen LogP contribution in [0.3, 0.4) is 0 Å². The van der Waals surface area contributed by atoms with Crippen molar-refractivity contribution in [3.63, 3.8) is 0 Å². The average molecular weight is 388 g/mol. The van der Waals surface area contributed by atoms with Crippen molar-refractivity contribution in [1.29, 1.82) is 0 Å². The van der Waals surface area contributed by atoms with Crippen LogP contribution in [0.25, 0.3) is 21.1 Å². The molecule has 4 heterocycles. The van der Waals surface area contributed by atoms with Crippen LogP contribution in [0.2, 0.25) is 0 Å². The van der Waals surface area contributed by atoms with E-state index in [1.54, 1.807) is 6.20 Å². The Morgan fingerprint density at radius 1 is 1.18 bits per heavy atom. The van der Waals surface area contributed by atoms with Crippen molar-refractivity contribution in [3.05, 3.63) is 70.9 Å². The Morgan fingerprint density at radius 2 is 2.07 bits per heavy atom. The van der Waals surface area contributed by atoms with E-state index in [1.165, 1.54) is 11.3 Å². The van der Waals surface area contributed by atoms with Gasteiger partial charge in [0.05, 0.1) is 16.1 Å². The Labute approximate surface area is 166 Å². The summed E-state index contributed by atoms with van der Waals surface area (Å²) >= 11 is 1.41. The van der Waals surface area contributed by atoms with Crippen molar-refractivity contribution in [1.82, 2.24) is 14.9 Å². The molecule has 2 N–H and O–H groups in total. The molecule has 1 amide bonds. The molecule has 140 valence electrons. The number of aromatic nitrogens is 2. The van der Waals surface area contributed by atoms with Crippen LogP contribution >= 0.6 is 11.3 Å². The summed E-state index contributed by atoms with van der Waals surface area (Å²) < 4.78 is 0. The lowest BCUT2D eigenvalue weighted by atomic mass is 9.95. The minimum atomic E-state index is -0.354. The van der Waals surface area contributed by atoms with Gasteiger partial charge in [-0.2, -0.15) is 0 Å². The zero-order valence-corrected chi connectivity index (χ0v) is 16.2. The minimum absolute atomic E-state index is 0.293. The lowest BCUT2D eigenvalue weighted by molar-refractivity contribution is 0.100. The molecule has 28 heavy (non-hydrogen) atoms. The molecule has 4 aromatic rings. The predicted octanol–water partition coefficient (Wildman–Crippen LogP) is 3.93. The number of hydrogen-bond acceptors (Lipinski definition) is 5. The number of nitrogens with two attached hydrogens (primary N) is 1. The molecule has 1 aliphatic rings. The third kappa shape index (κ3) is 3.04. The summed E-state index contributed by atoms with van der Waals surface area (Å²) in [6, 6.07) is 16.4. The molecule has 3 aromatic heterocycles. The summed E-state index contributed by atoms with van der Waals surface area (Å²) in [6.07, 6.45) is 2.77. The Morgan fingerprint density at radius 3 is 2.96 bits per heavy atom. The van der Waals surface area contributed by atoms with Crippen LogP contribution in [-0.2, 0) is 6.54 Å². The Hall–Kier alpha value is -2.83. The summed E-state index contributed by atoms with van der Waals surface area (Å²) in [4.78, 5) is 25.2. The summed E-state index contributed by atoms with van der Waals surface area (Å²) in [7, 11) is 0. The number of carbonyl (C=O) groups is 1. The van der Waals surface area contributed by atoms with Crippen LogP contribution in [-0.4, -0.2) is 33.9 Å². The molecule has 6 heteroatoms. The van der Waals surface area contributed by atoms with Crippen molar-refractivity contribution in [2.24, 2.45) is 5.73 Å². The maximum atomic E-state index is 12.0. The maximum absolute atomic E-state index is 12.0. The van der Waals surface area contributed by atoms with Crippen molar-refractivity contribution in [2.45, 2.75) is 18.9 Å². The van der Waals surface area contributed by atoms with E-state index in [2.05, 4.69) is 34.1 Å². The van der Waals surface area contributed by atoms with Crippen molar-refractivity contribution < 1.29 is 4.79 Å². The Balaban J connectivity index is 1.40. The Bertz CT molecular complexity index is 1190. The van der Waals surface area contributed by atoms with E-state index in [1.807, 2.05) is 24.3 Å². The SMILES string of the molecule is NC(=O)c1sc2ncccc2c1C1CCN(Cc2ccc3ccccc3n2)C1. The number of thiophene rings is 1. The van der Waals surface area contributed by atoms with Crippen LogP contribution in [0.1, 0.15) is 33.3 Å². The molecule has 0 bridgehead atoms. The smallest absolute Gasteiger partial charge is 0.259 e. The van der Waals surface area contributed by atoms with Gasteiger partial charge in [0.2, 0.25) is 0 Å². The summed E-state index contributed by atoms with van der Waals surface area (Å²) in [6.45, 7) is 2.69. The largest absolute Gasteiger partial charge is 0.365 e. The zero-order chi connectivity index (χ0) is 19.1. The fourth-order valence-corrected chi connectivity index (χ4v) is 5.26. The van der Waals surface area contributed by atoms with E-state index < -0.39 is 0 Å². The first-order valence-corrected chi connectivity index (χ1v) is 10.2. The van der Waals surface area contributed by atoms with Gasteiger partial charge in [0.1, 0.15) is 4.83 Å². The van der Waals surface area contributed by atoms with Gasteiger partial charge < -0.3 is 5.73 Å². The van der Waals surface area contributed by atoms with Crippen molar-refractivity contribution >= 4 is 38.4 Å². The second kappa shape index (κ2) is 6.96. The van der Waals surface area contributed by atoms with E-state index in [-0.39, 0.29) is 5.91 Å². The number of hydrogen-bond donors (Lipinski definition) is 1. The average Bonchev–Trinajstić information content (AvgIpc) is 3.32. The molecule has 1 aromatic carbocycles. The number of nitrogens with zero attached hydrogens (tertiary/aromatic N) is 3. The summed E-state index contributed by atoms with van der Waals surface area (Å²) in [5, 5.41) is 2.23. The number of amides is 1. The summed E-state index contributed by atoms with van der Waals surface area (Å²) in [5.74, 6) is -0.0615. The molecule has 0 saturated carbocycles. The molecule has 1 atom stereocenters. The van der Waals surface area contributed by atoms with Gasteiger partial charge in [-0.1, -0.05) is 30.3 Å². The van der Waals surface area contributed by atoms with Crippen molar-refractivity contribution in [3.8, 4) is 0 Å². The molecule has 5 rings (SSSR count). The first-order valence-electron chi connectivity index (χ1n) is 9.43. The first-order chi connectivity index (χ1) is 13.7. The molecule has 1 unspecified atom stereocenters. The monoisotopic (exact) mass is 388 g/mol. The lowest BCUT2D eigenvalue weighted by Crippen LogP contribution is -2.21. The van der Waals surface area contributed by atoms with Crippen LogP contribution in [0, 0.1) is 0 Å². The highest BCUT2D eigenvalue weighted by molar-refractivity contribution is 7.20. The molecule has 1 saturated heterocycles. The Kier molecular flexibility index (Phi) is 4.30. The molecule has 0 radical (unpaired) electrons. The highest BCUT2D eigenvalue weighted by atomic mass is 32.1. The second-order valence-corrected chi connectivity index (χ2v) is 8.28. The molecule has 0 spiro atoms. The van der Waals surface area contributed by atoms with Gasteiger partial charge >= 0.3 is 0 Å². The van der Waals surface area contributed by atoms with Gasteiger partial charge in [-0.3, -0.25) is 14.7 Å². The van der Waals surface area contributed by atoms with Crippen LogP contribution < -0.4 is 5.73 Å². The van der Waals surface area contributed by atoms with Gasteiger partial charge in [0.15, 0.2) is 0 Å². The first kappa shape index (κ1) is 17.3. The number of fused-ring (bicyclic) bond motifs is 2. The highest BCUT2D eigenvalue weighted by Gasteiger charge is 2.30. The van der Waals surface area contributed by atoms with Crippen LogP contribution in [0.4, 0.5) is 0 Å². The molecule has 5 nitrogen and oxygen atoms in total. The number of primary amides is 1. The molecule has 1 aliphatic heterocycles. The van der Waals surface area contributed by atoms with E-state index >= 15 is 0 Å². The van der Waals surface area contributed by atoms with Gasteiger partial charge in [-0.25, -0.2) is 4.98 Å². The molecular weight excluding hydrogens is 368 g/mol. The van der Waals surface area contributed by atoms with Crippen LogP contribution in [0.15, 0.2) is 54.7 Å². The fourth-order valence-electron chi connectivity index (χ4n) is 4.18. The van der Waals surface area contributed by atoms with E-state index in [0.717, 1.165) is 58.4 Å². The van der Waals surface area contributed by atoms with E-state index in [4.69, 9.17) is 10.7 Å². The predicted molar refractivity (Wildman–Crippen MR) is 113 cm³/mol. The van der Waals surface area contributed by atoms with Gasteiger partial charge in [-0.15, -0.1) is 11.3 Å². The van der Waals surface area contributed by atoms with Crippen LogP contribution in [0.5, 0.6) is 0 Å². The molecule has 1 fully saturated rings. The third-order valence-electron chi connectivity index (χ3n) is 5.45. The third-order valence-corrected chi connectivity index (χ3v) is 6.59. The fraction of sp³-hybridized carbons (Fsp3) is 0.227. The van der Waals surface area contributed by atoms with Gasteiger partial charge in [0, 0.05) is 36.0 Å². The standard InChI is InChI=1S/C22H20N4OS/c23-21(27)20-19(17-5-3-10-24-22(17)28-20)15-9-11-26(12-15)13-16-8-7-14-4-1-2-6-18(14)25-16/h1-8,10,15H,9,11-13H2,(H2,23,27). The number of rotatable bonds is 4. The van der Waals surface area contributed by atoms with E-state index in [9.17, 15) is 4.79 Å². The minimum Gasteiger partial charge on any atom is -0.365 e. The van der Waals surface area contributed by atoms with Crippen molar-refractivity contribution in [2.75, 3.05) is 13.1 Å².